The Morgan fingerprint density at radius 1 is 1.23 bits per heavy atom. The van der Waals surface area contributed by atoms with Gasteiger partial charge in [0, 0.05) is 51.0 Å². The number of aromatic nitrogens is 2. The van der Waals surface area contributed by atoms with Gasteiger partial charge in [-0.1, -0.05) is 30.2 Å². The highest BCUT2D eigenvalue weighted by Crippen LogP contribution is 2.28. The number of morpholine rings is 1. The van der Waals surface area contributed by atoms with Crippen LogP contribution in [0.1, 0.15) is 41.8 Å². The maximum absolute atomic E-state index is 13.1. The van der Waals surface area contributed by atoms with E-state index in [1.165, 1.54) is 23.1 Å². The van der Waals surface area contributed by atoms with Crippen LogP contribution in [0.4, 0.5) is 0 Å². The number of imidazole rings is 1. The third-order valence-electron chi connectivity index (χ3n) is 6.54. The van der Waals surface area contributed by atoms with E-state index in [2.05, 4.69) is 46.5 Å². The van der Waals surface area contributed by atoms with E-state index in [1.807, 2.05) is 17.3 Å². The Kier molecular flexibility index (Phi) is 6.85. The minimum absolute atomic E-state index is 0.206. The van der Waals surface area contributed by atoms with Crippen molar-refractivity contribution in [3.63, 3.8) is 0 Å². The van der Waals surface area contributed by atoms with Gasteiger partial charge in [0.15, 0.2) is 0 Å². The standard InChI is InChI=1S/C24H34N4O2/c1-19-6-7-20(2)22(16-19)17-27-9-8-25-23(27)18-28(24(29)21-4-3-5-21)11-10-26-12-14-30-15-13-26/h6-9,16,21H,3-5,10-15,17-18H2,1-2H3. The van der Waals surface area contributed by atoms with Crippen LogP contribution in [0.2, 0.25) is 0 Å². The molecule has 162 valence electrons. The number of rotatable bonds is 8. The van der Waals surface area contributed by atoms with E-state index in [0.717, 1.165) is 64.6 Å². The summed E-state index contributed by atoms with van der Waals surface area (Å²) in [4.78, 5) is 22.2. The lowest BCUT2D eigenvalue weighted by Gasteiger charge is -2.34. The van der Waals surface area contributed by atoms with Crippen LogP contribution in [-0.2, 0) is 22.6 Å². The molecular formula is C24H34N4O2. The first-order valence-electron chi connectivity index (χ1n) is 11.2. The van der Waals surface area contributed by atoms with Crippen LogP contribution < -0.4 is 0 Å². The molecule has 4 rings (SSSR count). The van der Waals surface area contributed by atoms with Crippen molar-refractivity contribution in [3.05, 3.63) is 53.1 Å². The normalized spacial score (nSPS) is 17.7. The van der Waals surface area contributed by atoms with Gasteiger partial charge in [0.2, 0.25) is 5.91 Å². The van der Waals surface area contributed by atoms with Crippen LogP contribution in [0.3, 0.4) is 0 Å². The average Bonchev–Trinajstić information content (AvgIpc) is 3.14. The number of carbonyl (C=O) groups is 1. The van der Waals surface area contributed by atoms with Gasteiger partial charge in [-0.25, -0.2) is 4.98 Å². The number of ether oxygens (including phenoxy) is 1. The monoisotopic (exact) mass is 410 g/mol. The number of amides is 1. The van der Waals surface area contributed by atoms with Gasteiger partial charge in [0.25, 0.3) is 0 Å². The van der Waals surface area contributed by atoms with E-state index in [4.69, 9.17) is 4.74 Å². The predicted molar refractivity (Wildman–Crippen MR) is 117 cm³/mol. The quantitative estimate of drug-likeness (QED) is 0.671. The molecule has 1 aromatic carbocycles. The van der Waals surface area contributed by atoms with Gasteiger partial charge in [-0.15, -0.1) is 0 Å². The molecule has 2 fully saturated rings. The molecule has 0 spiro atoms. The maximum Gasteiger partial charge on any atom is 0.226 e. The lowest BCUT2D eigenvalue weighted by molar-refractivity contribution is -0.139. The zero-order valence-corrected chi connectivity index (χ0v) is 18.3. The van der Waals surface area contributed by atoms with Crippen LogP contribution >= 0.6 is 0 Å². The maximum atomic E-state index is 13.1. The summed E-state index contributed by atoms with van der Waals surface area (Å²) in [5.41, 5.74) is 3.86. The molecular weight excluding hydrogens is 376 g/mol. The highest BCUT2D eigenvalue weighted by molar-refractivity contribution is 5.79. The molecule has 30 heavy (non-hydrogen) atoms. The van der Waals surface area contributed by atoms with Gasteiger partial charge in [-0.3, -0.25) is 9.69 Å². The van der Waals surface area contributed by atoms with Crippen molar-refractivity contribution in [1.29, 1.82) is 0 Å². The zero-order chi connectivity index (χ0) is 20.9. The van der Waals surface area contributed by atoms with E-state index in [0.29, 0.717) is 12.5 Å². The van der Waals surface area contributed by atoms with Crippen LogP contribution in [0.5, 0.6) is 0 Å². The van der Waals surface area contributed by atoms with E-state index < -0.39 is 0 Å². The first-order valence-corrected chi connectivity index (χ1v) is 11.2. The minimum Gasteiger partial charge on any atom is -0.379 e. The Labute approximate surface area is 179 Å². The van der Waals surface area contributed by atoms with Crippen molar-refractivity contribution in [2.45, 2.75) is 46.2 Å². The first kappa shape index (κ1) is 21.1. The number of hydrogen-bond donors (Lipinski definition) is 0. The van der Waals surface area contributed by atoms with Crippen molar-refractivity contribution in [3.8, 4) is 0 Å². The number of benzene rings is 1. The molecule has 1 saturated heterocycles. The molecule has 1 aliphatic heterocycles. The highest BCUT2D eigenvalue weighted by atomic mass is 16.5. The van der Waals surface area contributed by atoms with Crippen LogP contribution in [-0.4, -0.2) is 64.7 Å². The fourth-order valence-corrected chi connectivity index (χ4v) is 4.23. The molecule has 0 atom stereocenters. The van der Waals surface area contributed by atoms with Gasteiger partial charge < -0.3 is 14.2 Å². The van der Waals surface area contributed by atoms with Crippen molar-refractivity contribution < 1.29 is 9.53 Å². The number of hydrogen-bond acceptors (Lipinski definition) is 4. The second-order valence-electron chi connectivity index (χ2n) is 8.74. The van der Waals surface area contributed by atoms with Crippen LogP contribution in [0, 0.1) is 19.8 Å². The summed E-state index contributed by atoms with van der Waals surface area (Å²) in [6.07, 6.45) is 7.13. The summed E-state index contributed by atoms with van der Waals surface area (Å²) < 4.78 is 7.65. The fourth-order valence-electron chi connectivity index (χ4n) is 4.23. The lowest BCUT2D eigenvalue weighted by Crippen LogP contribution is -2.45. The van der Waals surface area contributed by atoms with Crippen LogP contribution in [0.15, 0.2) is 30.6 Å². The summed E-state index contributed by atoms with van der Waals surface area (Å²) >= 11 is 0. The molecule has 0 unspecified atom stereocenters. The second-order valence-corrected chi connectivity index (χ2v) is 8.74. The number of nitrogens with zero attached hydrogens (tertiary/aromatic N) is 4. The molecule has 0 radical (unpaired) electrons. The van der Waals surface area contributed by atoms with Crippen LogP contribution in [0.25, 0.3) is 0 Å². The summed E-state index contributed by atoms with van der Waals surface area (Å²) in [5, 5.41) is 0. The van der Waals surface area contributed by atoms with Gasteiger partial charge in [-0.05, 0) is 37.8 Å². The van der Waals surface area contributed by atoms with Crippen molar-refractivity contribution in [1.82, 2.24) is 19.4 Å². The molecule has 1 aliphatic carbocycles. The molecule has 0 bridgehead atoms. The molecule has 2 heterocycles. The largest absolute Gasteiger partial charge is 0.379 e. The van der Waals surface area contributed by atoms with E-state index >= 15 is 0 Å². The molecule has 1 saturated carbocycles. The molecule has 6 heteroatoms. The molecule has 1 amide bonds. The summed E-state index contributed by atoms with van der Waals surface area (Å²) in [6, 6.07) is 6.57. The Morgan fingerprint density at radius 2 is 2.03 bits per heavy atom. The van der Waals surface area contributed by atoms with Crippen molar-refractivity contribution in [2.24, 2.45) is 5.92 Å². The van der Waals surface area contributed by atoms with Gasteiger partial charge in [-0.2, -0.15) is 0 Å². The zero-order valence-electron chi connectivity index (χ0n) is 18.3. The third-order valence-corrected chi connectivity index (χ3v) is 6.54. The third kappa shape index (κ3) is 5.10. The summed E-state index contributed by atoms with van der Waals surface area (Å²) in [5.74, 6) is 1.47. The van der Waals surface area contributed by atoms with Gasteiger partial charge in [0.05, 0.1) is 19.8 Å². The van der Waals surface area contributed by atoms with Gasteiger partial charge in [0.1, 0.15) is 5.82 Å². The summed E-state index contributed by atoms with van der Waals surface area (Å²) in [6.45, 7) is 10.8. The highest BCUT2D eigenvalue weighted by Gasteiger charge is 2.30. The lowest BCUT2D eigenvalue weighted by atomic mass is 9.84. The molecule has 2 aliphatic rings. The van der Waals surface area contributed by atoms with Gasteiger partial charge >= 0.3 is 0 Å². The fraction of sp³-hybridized carbons (Fsp3) is 0.583. The first-order chi connectivity index (χ1) is 14.6. The second kappa shape index (κ2) is 9.75. The average molecular weight is 411 g/mol. The Morgan fingerprint density at radius 3 is 2.77 bits per heavy atom. The Balaban J connectivity index is 1.46. The molecule has 0 N–H and O–H groups in total. The number of carbonyl (C=O) groups excluding carboxylic acids is 1. The Hall–Kier alpha value is -2.18. The predicted octanol–water partition coefficient (Wildman–Crippen LogP) is 3.01. The minimum atomic E-state index is 0.206. The SMILES string of the molecule is Cc1ccc(C)c(Cn2ccnc2CN(CCN2CCOCC2)C(=O)C2CCC2)c1. The van der Waals surface area contributed by atoms with E-state index in [-0.39, 0.29) is 5.92 Å². The molecule has 1 aromatic heterocycles. The summed E-state index contributed by atoms with van der Waals surface area (Å²) in [7, 11) is 0. The van der Waals surface area contributed by atoms with Crippen molar-refractivity contribution in [2.75, 3.05) is 39.4 Å². The number of aryl methyl sites for hydroxylation is 2. The van der Waals surface area contributed by atoms with E-state index in [9.17, 15) is 4.79 Å². The van der Waals surface area contributed by atoms with Crippen molar-refractivity contribution >= 4 is 5.91 Å². The smallest absolute Gasteiger partial charge is 0.226 e. The topological polar surface area (TPSA) is 50.6 Å². The molecule has 2 aromatic rings. The Bertz CT molecular complexity index is 853. The van der Waals surface area contributed by atoms with E-state index in [1.54, 1.807) is 0 Å². The molecule has 6 nitrogen and oxygen atoms in total.